The Hall–Kier alpha value is -2.91. The minimum Gasteiger partial charge on any atom is -0.481 e. The molecular formula is C12H15N3O7. The fraction of sp³-hybridized carbons (Fsp3) is 0.417. The highest BCUT2D eigenvalue weighted by Crippen LogP contribution is 1.99. The Kier molecular flexibility index (Phi) is 6.05. The maximum absolute atomic E-state index is 11.6. The number of aromatic amines is 1. The molecule has 1 heterocycles. The molecule has 120 valence electrons. The Morgan fingerprint density at radius 3 is 2.45 bits per heavy atom. The maximum atomic E-state index is 11.6. The number of aromatic nitrogens is 2. The predicted molar refractivity (Wildman–Crippen MR) is 72.4 cm³/mol. The number of nitrogens with zero attached hydrogens (tertiary/aromatic N) is 1. The van der Waals surface area contributed by atoms with Gasteiger partial charge in [-0.2, -0.15) is 0 Å². The highest BCUT2D eigenvalue weighted by molar-refractivity contribution is 5.83. The molecule has 0 spiro atoms. The van der Waals surface area contributed by atoms with E-state index >= 15 is 0 Å². The van der Waals surface area contributed by atoms with E-state index in [1.807, 2.05) is 4.98 Å². The molecule has 10 heteroatoms. The third kappa shape index (κ3) is 5.61. The van der Waals surface area contributed by atoms with Crippen LogP contribution in [-0.4, -0.2) is 43.7 Å². The number of hydrogen-bond donors (Lipinski definition) is 4. The van der Waals surface area contributed by atoms with Crippen molar-refractivity contribution in [2.24, 2.45) is 0 Å². The minimum atomic E-state index is -1.34. The molecule has 0 bridgehead atoms. The number of aryl methyl sites for hydroxylation is 1. The van der Waals surface area contributed by atoms with Crippen molar-refractivity contribution < 1.29 is 24.6 Å². The van der Waals surface area contributed by atoms with Gasteiger partial charge >= 0.3 is 17.6 Å². The molecule has 1 atom stereocenters. The van der Waals surface area contributed by atoms with Gasteiger partial charge in [-0.25, -0.2) is 9.59 Å². The van der Waals surface area contributed by atoms with Crippen LogP contribution in [0.1, 0.15) is 19.3 Å². The lowest BCUT2D eigenvalue weighted by atomic mass is 10.1. The van der Waals surface area contributed by atoms with Crippen molar-refractivity contribution in [3.63, 3.8) is 0 Å². The molecule has 1 rings (SSSR count). The van der Waals surface area contributed by atoms with Crippen LogP contribution in [0.3, 0.4) is 0 Å². The van der Waals surface area contributed by atoms with Crippen LogP contribution in [0.4, 0.5) is 0 Å². The Bertz CT molecular complexity index is 676. The van der Waals surface area contributed by atoms with Gasteiger partial charge in [-0.1, -0.05) is 0 Å². The molecule has 0 saturated carbocycles. The Balaban J connectivity index is 2.56. The van der Waals surface area contributed by atoms with Gasteiger partial charge < -0.3 is 20.1 Å². The van der Waals surface area contributed by atoms with Crippen LogP contribution in [0, 0.1) is 0 Å². The topological polar surface area (TPSA) is 159 Å². The molecule has 0 aliphatic carbocycles. The lowest BCUT2D eigenvalue weighted by Gasteiger charge is -2.13. The summed E-state index contributed by atoms with van der Waals surface area (Å²) in [5, 5.41) is 19.6. The average Bonchev–Trinajstić information content (AvgIpc) is 2.41. The summed E-state index contributed by atoms with van der Waals surface area (Å²) in [5.41, 5.74) is -1.24. The Morgan fingerprint density at radius 2 is 1.91 bits per heavy atom. The first-order valence-corrected chi connectivity index (χ1v) is 6.33. The summed E-state index contributed by atoms with van der Waals surface area (Å²) in [7, 11) is 0. The molecule has 0 aliphatic rings. The summed E-state index contributed by atoms with van der Waals surface area (Å²) in [6.07, 6.45) is 0.391. The molecule has 0 radical (unpaired) electrons. The Morgan fingerprint density at radius 1 is 1.23 bits per heavy atom. The highest BCUT2D eigenvalue weighted by Gasteiger charge is 2.20. The normalized spacial score (nSPS) is 11.6. The van der Waals surface area contributed by atoms with Gasteiger partial charge in [0, 0.05) is 31.6 Å². The number of carbonyl (C=O) groups excluding carboxylic acids is 1. The first-order valence-electron chi connectivity index (χ1n) is 6.33. The van der Waals surface area contributed by atoms with E-state index in [9.17, 15) is 24.0 Å². The van der Waals surface area contributed by atoms with Crippen LogP contribution in [-0.2, 0) is 20.9 Å². The summed E-state index contributed by atoms with van der Waals surface area (Å²) in [6, 6.07) is -0.192. The van der Waals surface area contributed by atoms with Gasteiger partial charge in [0.2, 0.25) is 5.91 Å². The number of H-pyrrole nitrogens is 1. The molecule has 10 nitrogen and oxygen atoms in total. The number of nitrogens with one attached hydrogen (secondary N) is 2. The number of amides is 1. The van der Waals surface area contributed by atoms with Crippen LogP contribution in [0.25, 0.3) is 0 Å². The van der Waals surface area contributed by atoms with E-state index in [1.165, 1.54) is 6.20 Å². The van der Waals surface area contributed by atoms with Crippen LogP contribution in [0.15, 0.2) is 21.9 Å². The summed E-state index contributed by atoms with van der Waals surface area (Å²) >= 11 is 0. The van der Waals surface area contributed by atoms with Gasteiger partial charge in [0.1, 0.15) is 6.04 Å². The van der Waals surface area contributed by atoms with E-state index in [0.717, 1.165) is 10.6 Å². The van der Waals surface area contributed by atoms with Gasteiger partial charge in [0.05, 0.1) is 0 Å². The lowest BCUT2D eigenvalue weighted by molar-refractivity contribution is -0.143. The van der Waals surface area contributed by atoms with Crippen LogP contribution < -0.4 is 16.6 Å². The van der Waals surface area contributed by atoms with Crippen molar-refractivity contribution in [3.8, 4) is 0 Å². The first-order chi connectivity index (χ1) is 10.3. The van der Waals surface area contributed by atoms with Crippen LogP contribution in [0.5, 0.6) is 0 Å². The summed E-state index contributed by atoms with van der Waals surface area (Å²) < 4.78 is 1.09. The zero-order valence-corrected chi connectivity index (χ0v) is 11.4. The molecule has 4 N–H and O–H groups in total. The van der Waals surface area contributed by atoms with Gasteiger partial charge in [0.25, 0.3) is 5.56 Å². The minimum absolute atomic E-state index is 0.0489. The Labute approximate surface area is 123 Å². The second-order valence-electron chi connectivity index (χ2n) is 4.44. The van der Waals surface area contributed by atoms with Crippen LogP contribution >= 0.6 is 0 Å². The number of carbonyl (C=O) groups is 3. The van der Waals surface area contributed by atoms with Gasteiger partial charge in [0.15, 0.2) is 0 Å². The second-order valence-corrected chi connectivity index (χ2v) is 4.44. The van der Waals surface area contributed by atoms with E-state index < -0.39 is 41.6 Å². The SMILES string of the molecule is O=C(O)CCC(NC(=O)CCn1ccc(=O)[nH]c1=O)C(=O)O. The summed E-state index contributed by atoms with van der Waals surface area (Å²) in [6.45, 7) is -0.0489. The van der Waals surface area contributed by atoms with E-state index in [-0.39, 0.29) is 19.4 Å². The number of rotatable bonds is 8. The molecule has 1 amide bonds. The zero-order valence-electron chi connectivity index (χ0n) is 11.4. The van der Waals surface area contributed by atoms with Gasteiger partial charge in [-0.15, -0.1) is 0 Å². The average molecular weight is 313 g/mol. The third-order valence-electron chi connectivity index (χ3n) is 2.76. The molecule has 0 fully saturated rings. The number of hydrogen-bond acceptors (Lipinski definition) is 5. The number of carboxylic acid groups (broad SMARTS) is 2. The van der Waals surface area contributed by atoms with Crippen molar-refractivity contribution in [2.75, 3.05) is 0 Å². The lowest BCUT2D eigenvalue weighted by Crippen LogP contribution is -2.41. The third-order valence-corrected chi connectivity index (χ3v) is 2.76. The predicted octanol–water partition coefficient (Wildman–Crippen LogP) is -1.64. The second kappa shape index (κ2) is 7.76. The molecule has 1 aromatic rings. The van der Waals surface area contributed by atoms with Gasteiger partial charge in [-0.3, -0.25) is 19.4 Å². The van der Waals surface area contributed by atoms with Crippen molar-refractivity contribution in [3.05, 3.63) is 33.1 Å². The molecule has 0 aliphatic heterocycles. The zero-order chi connectivity index (χ0) is 16.7. The van der Waals surface area contributed by atoms with Gasteiger partial charge in [-0.05, 0) is 6.42 Å². The summed E-state index contributed by atoms with van der Waals surface area (Å²) in [4.78, 5) is 57.2. The van der Waals surface area contributed by atoms with Crippen molar-refractivity contribution >= 4 is 17.8 Å². The number of aliphatic carboxylic acids is 2. The monoisotopic (exact) mass is 313 g/mol. The van der Waals surface area contributed by atoms with Crippen molar-refractivity contribution in [1.82, 2.24) is 14.9 Å². The van der Waals surface area contributed by atoms with Crippen molar-refractivity contribution in [2.45, 2.75) is 31.8 Å². The molecule has 1 aromatic heterocycles. The smallest absolute Gasteiger partial charge is 0.328 e. The van der Waals surface area contributed by atoms with E-state index in [1.54, 1.807) is 0 Å². The first kappa shape index (κ1) is 17.1. The standard InChI is InChI=1S/C12H15N3O7/c16-8(13-7(11(20)21)1-2-10(18)19)3-5-15-6-4-9(17)14-12(15)22/h4,6-7H,1-3,5H2,(H,13,16)(H,18,19)(H,20,21)(H,14,17,22). The largest absolute Gasteiger partial charge is 0.481 e. The quantitative estimate of drug-likeness (QED) is 0.448. The highest BCUT2D eigenvalue weighted by atomic mass is 16.4. The van der Waals surface area contributed by atoms with Crippen molar-refractivity contribution in [1.29, 1.82) is 0 Å². The van der Waals surface area contributed by atoms with E-state index in [2.05, 4.69) is 5.32 Å². The maximum Gasteiger partial charge on any atom is 0.328 e. The van der Waals surface area contributed by atoms with Crippen LogP contribution in [0.2, 0.25) is 0 Å². The fourth-order valence-corrected chi connectivity index (χ4v) is 1.63. The molecule has 0 saturated heterocycles. The molecule has 0 aromatic carbocycles. The molecule has 22 heavy (non-hydrogen) atoms. The number of carboxylic acids is 2. The van der Waals surface area contributed by atoms with E-state index in [0.29, 0.717) is 0 Å². The molecular weight excluding hydrogens is 298 g/mol. The fourth-order valence-electron chi connectivity index (χ4n) is 1.63. The summed E-state index contributed by atoms with van der Waals surface area (Å²) in [5.74, 6) is -3.15. The van der Waals surface area contributed by atoms with E-state index in [4.69, 9.17) is 10.2 Å². The molecule has 1 unspecified atom stereocenters.